The Balaban J connectivity index is 2.07. The number of hydrogen-bond acceptors (Lipinski definition) is 3. The van der Waals surface area contributed by atoms with Crippen molar-refractivity contribution >= 4 is 11.6 Å². The maximum atomic E-state index is 6.12. The van der Waals surface area contributed by atoms with Crippen LogP contribution in [-0.4, -0.2) is 17.6 Å². The molecule has 0 bridgehead atoms. The zero-order valence-corrected chi connectivity index (χ0v) is 7.14. The van der Waals surface area contributed by atoms with Gasteiger partial charge in [0.15, 0.2) is 0 Å². The van der Waals surface area contributed by atoms with Crippen molar-refractivity contribution in [1.82, 2.24) is 10.9 Å². The van der Waals surface area contributed by atoms with Gasteiger partial charge in [0.05, 0.1) is 11.5 Å². The Morgan fingerprint density at radius 2 is 2.09 bits per heavy atom. The highest BCUT2D eigenvalue weighted by Crippen LogP contribution is 2.31. The van der Waals surface area contributed by atoms with Crippen LogP contribution in [0.2, 0.25) is 0 Å². The number of nitrogens with two attached hydrogens (primary N) is 1. The first-order chi connectivity index (χ1) is 5.29. The Morgan fingerprint density at radius 1 is 1.27 bits per heavy atom. The lowest BCUT2D eigenvalue weighted by atomic mass is 9.84. The summed E-state index contributed by atoms with van der Waals surface area (Å²) in [7, 11) is 0. The van der Waals surface area contributed by atoms with E-state index in [1.165, 1.54) is 12.8 Å². The number of nitrogens with one attached hydrogen (secondary N) is 2. The van der Waals surface area contributed by atoms with Crippen molar-refractivity contribution in [3.8, 4) is 0 Å². The summed E-state index contributed by atoms with van der Waals surface area (Å²) in [5, 5.41) is 0.259. The highest BCUT2D eigenvalue weighted by Gasteiger charge is 2.39. The van der Waals surface area contributed by atoms with E-state index < -0.39 is 0 Å². The van der Waals surface area contributed by atoms with E-state index in [9.17, 15) is 0 Å². The maximum Gasteiger partial charge on any atom is 0.0723 e. The highest BCUT2D eigenvalue weighted by atomic mass is 35.5. The van der Waals surface area contributed by atoms with Crippen LogP contribution in [0, 0.1) is 5.92 Å². The molecule has 1 saturated carbocycles. The molecule has 1 aliphatic carbocycles. The lowest BCUT2D eigenvalue weighted by Gasteiger charge is -2.29. The molecular formula is C7H14ClN3. The Morgan fingerprint density at radius 3 is 2.82 bits per heavy atom. The van der Waals surface area contributed by atoms with E-state index in [0.29, 0.717) is 12.0 Å². The average molecular weight is 176 g/mol. The molecule has 4 heteroatoms. The Hall–Kier alpha value is 0.170. The van der Waals surface area contributed by atoms with Gasteiger partial charge in [0, 0.05) is 12.0 Å². The van der Waals surface area contributed by atoms with E-state index in [2.05, 4.69) is 10.9 Å². The van der Waals surface area contributed by atoms with Gasteiger partial charge in [-0.2, -0.15) is 0 Å². The monoisotopic (exact) mass is 175 g/mol. The van der Waals surface area contributed by atoms with Gasteiger partial charge in [0.2, 0.25) is 0 Å². The molecule has 0 aromatic rings. The quantitative estimate of drug-likeness (QED) is 0.460. The number of halogens is 1. The molecule has 64 valence electrons. The van der Waals surface area contributed by atoms with E-state index in [-0.39, 0.29) is 11.5 Å². The van der Waals surface area contributed by atoms with Crippen molar-refractivity contribution in [2.24, 2.45) is 11.7 Å². The summed E-state index contributed by atoms with van der Waals surface area (Å²) in [6, 6.07) is 0.389. The second-order valence-electron chi connectivity index (χ2n) is 3.45. The zero-order valence-electron chi connectivity index (χ0n) is 6.39. The molecule has 1 aliphatic heterocycles. The van der Waals surface area contributed by atoms with Crippen LogP contribution in [0.5, 0.6) is 0 Å². The van der Waals surface area contributed by atoms with Crippen LogP contribution in [0.25, 0.3) is 0 Å². The molecule has 0 radical (unpaired) electrons. The van der Waals surface area contributed by atoms with Gasteiger partial charge >= 0.3 is 0 Å². The fourth-order valence-corrected chi connectivity index (χ4v) is 2.48. The van der Waals surface area contributed by atoms with Crippen molar-refractivity contribution < 1.29 is 0 Å². The van der Waals surface area contributed by atoms with Crippen molar-refractivity contribution in [2.75, 3.05) is 0 Å². The van der Waals surface area contributed by atoms with Gasteiger partial charge in [0.1, 0.15) is 0 Å². The second kappa shape index (κ2) is 2.90. The molecule has 1 saturated heterocycles. The van der Waals surface area contributed by atoms with Crippen LogP contribution in [0.1, 0.15) is 19.3 Å². The van der Waals surface area contributed by atoms with Gasteiger partial charge in [-0.05, 0) is 12.8 Å². The summed E-state index contributed by atoms with van der Waals surface area (Å²) in [6.45, 7) is 0. The minimum atomic E-state index is 0.0987. The molecule has 2 rings (SSSR count). The SMILES string of the molecule is NC1NNC2C(Cl)CCCC12. The smallest absolute Gasteiger partial charge is 0.0723 e. The first-order valence-electron chi connectivity index (χ1n) is 4.20. The highest BCUT2D eigenvalue weighted by molar-refractivity contribution is 6.21. The molecule has 4 N–H and O–H groups in total. The van der Waals surface area contributed by atoms with E-state index in [4.69, 9.17) is 17.3 Å². The predicted molar refractivity (Wildman–Crippen MR) is 45.0 cm³/mol. The van der Waals surface area contributed by atoms with Gasteiger partial charge < -0.3 is 5.73 Å². The third kappa shape index (κ3) is 1.26. The van der Waals surface area contributed by atoms with E-state index in [1.54, 1.807) is 0 Å². The Bertz CT molecular complexity index is 151. The number of alkyl halides is 1. The van der Waals surface area contributed by atoms with Crippen LogP contribution >= 0.6 is 11.6 Å². The molecule has 11 heavy (non-hydrogen) atoms. The number of fused-ring (bicyclic) bond motifs is 1. The van der Waals surface area contributed by atoms with Crippen molar-refractivity contribution in [2.45, 2.75) is 36.8 Å². The van der Waals surface area contributed by atoms with E-state index in [0.717, 1.165) is 6.42 Å². The van der Waals surface area contributed by atoms with Crippen LogP contribution in [0.3, 0.4) is 0 Å². The number of rotatable bonds is 0. The molecule has 0 aromatic heterocycles. The summed E-state index contributed by atoms with van der Waals surface area (Å²) in [5.74, 6) is 0.534. The molecule has 0 spiro atoms. The molecule has 3 nitrogen and oxygen atoms in total. The molecule has 4 unspecified atom stereocenters. The van der Waals surface area contributed by atoms with Crippen LogP contribution in [0.4, 0.5) is 0 Å². The number of hydrazine groups is 1. The van der Waals surface area contributed by atoms with Crippen LogP contribution in [0.15, 0.2) is 0 Å². The second-order valence-corrected chi connectivity index (χ2v) is 4.01. The summed E-state index contributed by atoms with van der Waals surface area (Å²) in [6.07, 6.45) is 3.63. The third-order valence-corrected chi connectivity index (χ3v) is 3.24. The molecule has 1 heterocycles. The summed E-state index contributed by atoms with van der Waals surface area (Å²) in [5.41, 5.74) is 12.0. The summed E-state index contributed by atoms with van der Waals surface area (Å²) >= 11 is 6.12. The van der Waals surface area contributed by atoms with Gasteiger partial charge in [0.25, 0.3) is 0 Å². The van der Waals surface area contributed by atoms with E-state index >= 15 is 0 Å². The van der Waals surface area contributed by atoms with Crippen LogP contribution in [-0.2, 0) is 0 Å². The topological polar surface area (TPSA) is 50.1 Å². The largest absolute Gasteiger partial charge is 0.315 e. The van der Waals surface area contributed by atoms with Gasteiger partial charge in [-0.3, -0.25) is 5.43 Å². The lowest BCUT2D eigenvalue weighted by molar-refractivity contribution is 0.312. The molecule has 2 fully saturated rings. The molecule has 0 aromatic carbocycles. The molecule has 0 amide bonds. The molecule has 2 aliphatic rings. The molecule has 4 atom stereocenters. The first kappa shape index (κ1) is 7.80. The van der Waals surface area contributed by atoms with E-state index in [1.807, 2.05) is 0 Å². The van der Waals surface area contributed by atoms with Crippen molar-refractivity contribution in [3.05, 3.63) is 0 Å². The Kier molecular flexibility index (Phi) is 2.06. The van der Waals surface area contributed by atoms with Crippen LogP contribution < -0.4 is 16.6 Å². The zero-order chi connectivity index (χ0) is 7.84. The van der Waals surface area contributed by atoms with Gasteiger partial charge in [-0.15, -0.1) is 11.6 Å². The normalized spacial score (nSPS) is 50.7. The standard InChI is InChI=1S/C7H14ClN3/c8-5-3-1-2-4-6(5)10-11-7(4)9/h4-7,10-11H,1-3,9H2. The lowest BCUT2D eigenvalue weighted by Crippen LogP contribution is -2.41. The molecular weight excluding hydrogens is 162 g/mol. The summed E-state index contributed by atoms with van der Waals surface area (Å²) < 4.78 is 0. The fourth-order valence-electron chi connectivity index (χ4n) is 2.08. The third-order valence-electron chi connectivity index (χ3n) is 2.75. The van der Waals surface area contributed by atoms with Gasteiger partial charge in [-0.1, -0.05) is 6.42 Å². The van der Waals surface area contributed by atoms with Gasteiger partial charge in [-0.25, -0.2) is 5.43 Å². The predicted octanol–water partition coefficient (Wildman–Crippen LogP) is 0.155. The minimum absolute atomic E-state index is 0.0987. The fraction of sp³-hybridized carbons (Fsp3) is 1.00. The summed E-state index contributed by atoms with van der Waals surface area (Å²) in [4.78, 5) is 0. The maximum absolute atomic E-state index is 6.12. The first-order valence-corrected chi connectivity index (χ1v) is 4.63. The minimum Gasteiger partial charge on any atom is -0.315 e. The van der Waals surface area contributed by atoms with Crippen molar-refractivity contribution in [3.63, 3.8) is 0 Å². The number of hydrogen-bond donors (Lipinski definition) is 3. The Labute approximate surface area is 71.6 Å². The van der Waals surface area contributed by atoms with Crippen molar-refractivity contribution in [1.29, 1.82) is 0 Å². The average Bonchev–Trinajstić information content (AvgIpc) is 2.35.